The van der Waals surface area contributed by atoms with E-state index in [0.29, 0.717) is 24.8 Å². The molecular formula is C21H29N5O3. The second-order valence-corrected chi connectivity index (χ2v) is 7.99. The van der Waals surface area contributed by atoms with E-state index in [0.717, 1.165) is 44.2 Å². The van der Waals surface area contributed by atoms with Crippen molar-refractivity contribution < 1.29 is 13.9 Å². The number of nitrogens with one attached hydrogen (secondary N) is 1. The number of carbonyl (C=O) groups is 1. The number of carbonyl (C=O) groups excluding carboxylic acids is 1. The molecule has 0 aliphatic carbocycles. The predicted molar refractivity (Wildman–Crippen MR) is 110 cm³/mol. The number of nitrogens with zero attached hydrogens (tertiary/aromatic N) is 4. The van der Waals surface area contributed by atoms with Crippen LogP contribution in [0.1, 0.15) is 37.2 Å². The third-order valence-electron chi connectivity index (χ3n) is 5.63. The summed E-state index contributed by atoms with van der Waals surface area (Å²) in [7, 11) is 0. The summed E-state index contributed by atoms with van der Waals surface area (Å²) < 4.78 is 11.2. The number of piperazine rings is 1. The predicted octanol–water partition coefficient (Wildman–Crippen LogP) is 2.65. The van der Waals surface area contributed by atoms with Crippen LogP contribution in [0.4, 0.5) is 11.6 Å². The van der Waals surface area contributed by atoms with Gasteiger partial charge in [0.15, 0.2) is 5.76 Å². The third-order valence-corrected chi connectivity index (χ3v) is 5.63. The number of amides is 1. The maximum atomic E-state index is 12.4. The molecule has 0 bridgehead atoms. The van der Waals surface area contributed by atoms with Crippen LogP contribution in [-0.2, 0) is 4.74 Å². The molecule has 2 fully saturated rings. The molecule has 2 aromatic rings. The first-order chi connectivity index (χ1) is 14.1. The van der Waals surface area contributed by atoms with Gasteiger partial charge in [0.25, 0.3) is 5.91 Å². The molecule has 2 aliphatic rings. The molecule has 0 unspecified atom stereocenters. The smallest absolute Gasteiger partial charge is 0.289 e. The molecule has 0 saturated carbocycles. The zero-order valence-corrected chi connectivity index (χ0v) is 17.1. The molecule has 1 N–H and O–H groups in total. The number of hydrogen-bond donors (Lipinski definition) is 1. The van der Waals surface area contributed by atoms with Gasteiger partial charge in [0, 0.05) is 38.9 Å². The number of rotatable bonds is 5. The minimum Gasteiger partial charge on any atom is -0.459 e. The van der Waals surface area contributed by atoms with Gasteiger partial charge in [-0.1, -0.05) is 13.8 Å². The molecule has 8 heteroatoms. The van der Waals surface area contributed by atoms with Gasteiger partial charge >= 0.3 is 0 Å². The standard InChI is InChI=1S/C21H29N5O3/c1-15(2)20-16(5-3-12-29-20)24-18-13-19(23-14-22-18)25-7-9-26(10-8-25)21(27)17-6-4-11-28-17/h4,6,11,13-16,20H,3,5,7-10,12H2,1-2H3,(H,22,23,24)/t16-,20-/m0/s1. The van der Waals surface area contributed by atoms with E-state index < -0.39 is 0 Å². The summed E-state index contributed by atoms with van der Waals surface area (Å²) >= 11 is 0. The lowest BCUT2D eigenvalue weighted by Crippen LogP contribution is -2.49. The quantitative estimate of drug-likeness (QED) is 0.827. The molecule has 2 aromatic heterocycles. The fourth-order valence-corrected chi connectivity index (χ4v) is 4.10. The van der Waals surface area contributed by atoms with Crippen LogP contribution in [0.3, 0.4) is 0 Å². The van der Waals surface area contributed by atoms with Gasteiger partial charge in [0.1, 0.15) is 18.0 Å². The Balaban J connectivity index is 1.37. The minimum atomic E-state index is -0.0586. The highest BCUT2D eigenvalue weighted by Crippen LogP contribution is 2.25. The molecule has 29 heavy (non-hydrogen) atoms. The summed E-state index contributed by atoms with van der Waals surface area (Å²) in [5.41, 5.74) is 0. The van der Waals surface area contributed by atoms with Gasteiger partial charge in [0.2, 0.25) is 0 Å². The van der Waals surface area contributed by atoms with Crippen molar-refractivity contribution in [2.24, 2.45) is 5.92 Å². The van der Waals surface area contributed by atoms with E-state index >= 15 is 0 Å². The first-order valence-corrected chi connectivity index (χ1v) is 10.4. The second-order valence-electron chi connectivity index (χ2n) is 7.99. The van der Waals surface area contributed by atoms with Gasteiger partial charge in [-0.25, -0.2) is 9.97 Å². The van der Waals surface area contributed by atoms with Crippen LogP contribution in [0.2, 0.25) is 0 Å². The normalized spacial score (nSPS) is 22.7. The van der Waals surface area contributed by atoms with Crippen LogP contribution < -0.4 is 10.2 Å². The molecule has 4 heterocycles. The zero-order valence-electron chi connectivity index (χ0n) is 17.1. The minimum absolute atomic E-state index is 0.0586. The Hall–Kier alpha value is -2.61. The van der Waals surface area contributed by atoms with Crippen molar-refractivity contribution in [3.63, 3.8) is 0 Å². The third kappa shape index (κ3) is 4.53. The van der Waals surface area contributed by atoms with Gasteiger partial charge < -0.3 is 24.3 Å². The molecule has 0 spiro atoms. The number of ether oxygens (including phenoxy) is 1. The fraction of sp³-hybridized carbons (Fsp3) is 0.571. The highest BCUT2D eigenvalue weighted by molar-refractivity contribution is 5.91. The molecule has 0 aromatic carbocycles. The van der Waals surface area contributed by atoms with E-state index in [1.165, 1.54) is 6.26 Å². The highest BCUT2D eigenvalue weighted by Gasteiger charge is 2.29. The maximum Gasteiger partial charge on any atom is 0.289 e. The molecule has 4 rings (SSSR count). The summed E-state index contributed by atoms with van der Waals surface area (Å²) in [5.74, 6) is 2.49. The van der Waals surface area contributed by atoms with E-state index in [-0.39, 0.29) is 18.1 Å². The molecule has 2 saturated heterocycles. The van der Waals surface area contributed by atoms with Gasteiger partial charge in [-0.05, 0) is 30.9 Å². The average molecular weight is 399 g/mol. The Bertz CT molecular complexity index is 802. The Morgan fingerprint density at radius 3 is 2.79 bits per heavy atom. The number of anilines is 2. The van der Waals surface area contributed by atoms with Crippen LogP contribution in [0, 0.1) is 5.92 Å². The van der Waals surface area contributed by atoms with Crippen molar-refractivity contribution in [3.05, 3.63) is 36.5 Å². The van der Waals surface area contributed by atoms with Gasteiger partial charge in [-0.3, -0.25) is 4.79 Å². The van der Waals surface area contributed by atoms with Crippen LogP contribution in [0.5, 0.6) is 0 Å². The van der Waals surface area contributed by atoms with Crippen LogP contribution >= 0.6 is 0 Å². The van der Waals surface area contributed by atoms with E-state index in [9.17, 15) is 4.79 Å². The van der Waals surface area contributed by atoms with Crippen molar-refractivity contribution in [2.45, 2.75) is 38.8 Å². The molecule has 8 nitrogen and oxygen atoms in total. The summed E-state index contributed by atoms with van der Waals surface area (Å²) in [6, 6.07) is 5.70. The largest absolute Gasteiger partial charge is 0.459 e. The van der Waals surface area contributed by atoms with Crippen molar-refractivity contribution >= 4 is 17.5 Å². The number of hydrogen-bond acceptors (Lipinski definition) is 7. The van der Waals surface area contributed by atoms with E-state index in [4.69, 9.17) is 9.15 Å². The molecule has 0 radical (unpaired) electrons. The molecule has 2 aliphatic heterocycles. The number of aromatic nitrogens is 2. The van der Waals surface area contributed by atoms with Crippen molar-refractivity contribution in [1.29, 1.82) is 0 Å². The van der Waals surface area contributed by atoms with Crippen molar-refractivity contribution in [2.75, 3.05) is 43.0 Å². The SMILES string of the molecule is CC(C)[C@@H]1OCCC[C@@H]1Nc1cc(N2CCN(C(=O)c3ccco3)CC2)ncn1. The van der Waals surface area contributed by atoms with Crippen LogP contribution in [0.25, 0.3) is 0 Å². The highest BCUT2D eigenvalue weighted by atomic mass is 16.5. The Morgan fingerprint density at radius 2 is 2.07 bits per heavy atom. The molecule has 2 atom stereocenters. The Morgan fingerprint density at radius 1 is 1.24 bits per heavy atom. The molecule has 156 valence electrons. The summed E-state index contributed by atoms with van der Waals surface area (Å²) in [4.78, 5) is 25.3. The number of furan rings is 1. The lowest BCUT2D eigenvalue weighted by Gasteiger charge is -2.36. The first kappa shape index (κ1) is 19.7. The second kappa shape index (κ2) is 8.82. The topological polar surface area (TPSA) is 83.7 Å². The summed E-state index contributed by atoms with van der Waals surface area (Å²) in [5, 5.41) is 3.56. The van der Waals surface area contributed by atoms with Gasteiger partial charge in [-0.2, -0.15) is 0 Å². The monoisotopic (exact) mass is 399 g/mol. The first-order valence-electron chi connectivity index (χ1n) is 10.4. The van der Waals surface area contributed by atoms with Crippen molar-refractivity contribution in [3.8, 4) is 0 Å². The average Bonchev–Trinajstić information content (AvgIpc) is 3.29. The van der Waals surface area contributed by atoms with Gasteiger partial charge in [0.05, 0.1) is 18.4 Å². The van der Waals surface area contributed by atoms with Crippen LogP contribution in [-0.4, -0.2) is 65.7 Å². The zero-order chi connectivity index (χ0) is 20.2. The van der Waals surface area contributed by atoms with Gasteiger partial charge in [-0.15, -0.1) is 0 Å². The van der Waals surface area contributed by atoms with Crippen molar-refractivity contribution in [1.82, 2.24) is 14.9 Å². The maximum absolute atomic E-state index is 12.4. The lowest BCUT2D eigenvalue weighted by molar-refractivity contribution is -0.0203. The Kier molecular flexibility index (Phi) is 5.99. The van der Waals surface area contributed by atoms with E-state index in [1.54, 1.807) is 18.5 Å². The Labute approximate surface area is 171 Å². The van der Waals surface area contributed by atoms with E-state index in [1.807, 2.05) is 11.0 Å². The lowest BCUT2D eigenvalue weighted by atomic mass is 9.94. The van der Waals surface area contributed by atoms with E-state index in [2.05, 4.69) is 34.0 Å². The molecule has 1 amide bonds. The van der Waals surface area contributed by atoms with Crippen LogP contribution in [0.15, 0.2) is 35.2 Å². The summed E-state index contributed by atoms with van der Waals surface area (Å²) in [6.07, 6.45) is 5.46. The molecular weight excluding hydrogens is 370 g/mol. The fourth-order valence-electron chi connectivity index (χ4n) is 4.10. The summed E-state index contributed by atoms with van der Waals surface area (Å²) in [6.45, 7) is 7.95.